The quantitative estimate of drug-likeness (QED) is 0.720. The van der Waals surface area contributed by atoms with Crippen molar-refractivity contribution in [3.05, 3.63) is 35.9 Å². The Labute approximate surface area is 98.8 Å². The van der Waals surface area contributed by atoms with Crippen LogP contribution in [0.4, 0.5) is 0 Å². The molecule has 0 saturated heterocycles. The fourth-order valence-electron chi connectivity index (χ4n) is 1.71. The summed E-state index contributed by atoms with van der Waals surface area (Å²) < 4.78 is 0. The number of rotatable bonds is 6. The summed E-state index contributed by atoms with van der Waals surface area (Å²) in [5, 5.41) is 2.98. The van der Waals surface area contributed by atoms with E-state index < -0.39 is 0 Å². The van der Waals surface area contributed by atoms with Gasteiger partial charge >= 0.3 is 0 Å². The van der Waals surface area contributed by atoms with Crippen LogP contribution in [-0.2, 0) is 11.2 Å². The van der Waals surface area contributed by atoms with Gasteiger partial charge in [-0.3, -0.25) is 4.79 Å². The van der Waals surface area contributed by atoms with E-state index in [9.17, 15) is 4.79 Å². The third kappa shape index (κ3) is 4.52. The second-order valence-electron chi connectivity index (χ2n) is 4.22. The van der Waals surface area contributed by atoms with Crippen molar-refractivity contribution >= 4 is 13.8 Å². The van der Waals surface area contributed by atoms with E-state index in [2.05, 4.69) is 24.4 Å². The van der Waals surface area contributed by atoms with E-state index in [0.717, 1.165) is 25.8 Å². The van der Waals surface area contributed by atoms with E-state index in [4.69, 9.17) is 0 Å². The fraction of sp³-hybridized carbons (Fsp3) is 0.462. The molecule has 1 aromatic rings. The van der Waals surface area contributed by atoms with Crippen molar-refractivity contribution in [3.8, 4) is 0 Å². The molecule has 1 rings (SSSR count). The summed E-state index contributed by atoms with van der Waals surface area (Å²) in [6.07, 6.45) is 2.94. The minimum atomic E-state index is 0.140. The Morgan fingerprint density at radius 3 is 2.69 bits per heavy atom. The van der Waals surface area contributed by atoms with E-state index in [0.29, 0.717) is 0 Å². The maximum absolute atomic E-state index is 11.6. The zero-order valence-corrected chi connectivity index (χ0v) is 10.2. The number of hydrogen-bond acceptors (Lipinski definition) is 1. The number of amides is 1. The van der Waals surface area contributed by atoms with Gasteiger partial charge in [0, 0.05) is 12.4 Å². The van der Waals surface area contributed by atoms with Gasteiger partial charge in [0.25, 0.3) is 0 Å². The summed E-state index contributed by atoms with van der Waals surface area (Å²) in [6, 6.07) is 10.2. The van der Waals surface area contributed by atoms with Crippen molar-refractivity contribution in [2.24, 2.45) is 0 Å². The number of carbonyl (C=O) groups excluding carboxylic acids is 1. The first-order valence-electron chi connectivity index (χ1n) is 6.05. The average Bonchev–Trinajstić information content (AvgIpc) is 2.30. The van der Waals surface area contributed by atoms with Gasteiger partial charge in [0.15, 0.2) is 0 Å². The molecule has 1 aromatic carbocycles. The summed E-state index contributed by atoms with van der Waals surface area (Å²) in [5.74, 6) is 0.318. The molecule has 0 aromatic heterocycles. The van der Waals surface area contributed by atoms with Crippen LogP contribution in [-0.4, -0.2) is 20.3 Å². The Morgan fingerprint density at radius 1 is 1.38 bits per heavy atom. The van der Waals surface area contributed by atoms with E-state index in [1.54, 1.807) is 0 Å². The predicted molar refractivity (Wildman–Crippen MR) is 70.4 cm³/mol. The Morgan fingerprint density at radius 2 is 2.06 bits per heavy atom. The van der Waals surface area contributed by atoms with Crippen LogP contribution in [0.2, 0.25) is 5.82 Å². The summed E-state index contributed by atoms with van der Waals surface area (Å²) in [6.45, 7) is 2.84. The van der Waals surface area contributed by atoms with Gasteiger partial charge in [-0.05, 0) is 18.4 Å². The van der Waals surface area contributed by atoms with Gasteiger partial charge in [-0.25, -0.2) is 0 Å². The minimum Gasteiger partial charge on any atom is -0.356 e. The Kier molecular flexibility index (Phi) is 5.69. The first-order chi connectivity index (χ1) is 7.74. The lowest BCUT2D eigenvalue weighted by Crippen LogP contribution is -2.29. The lowest BCUT2D eigenvalue weighted by atomic mass is 9.83. The maximum atomic E-state index is 11.6. The molecule has 0 unspecified atom stereocenters. The van der Waals surface area contributed by atoms with Gasteiger partial charge in [-0.1, -0.05) is 43.7 Å². The molecule has 3 heteroatoms. The highest BCUT2D eigenvalue weighted by Crippen LogP contribution is 2.07. The van der Waals surface area contributed by atoms with Crippen LogP contribution in [0.5, 0.6) is 0 Å². The van der Waals surface area contributed by atoms with Gasteiger partial charge in [0.2, 0.25) is 5.91 Å². The molecule has 0 fully saturated rings. The second-order valence-corrected chi connectivity index (χ2v) is 4.22. The van der Waals surface area contributed by atoms with Crippen LogP contribution in [0.25, 0.3) is 0 Å². The monoisotopic (exact) mass is 217 g/mol. The van der Waals surface area contributed by atoms with E-state index >= 15 is 0 Å². The van der Waals surface area contributed by atoms with Crippen molar-refractivity contribution in [1.82, 2.24) is 5.32 Å². The number of nitrogens with one attached hydrogen (secondary N) is 1. The molecule has 0 bridgehead atoms. The summed E-state index contributed by atoms with van der Waals surface area (Å²) in [4.78, 5) is 11.6. The number of benzene rings is 1. The Bertz CT molecular complexity index is 313. The van der Waals surface area contributed by atoms with Crippen molar-refractivity contribution in [1.29, 1.82) is 0 Å². The normalized spacial score (nSPS) is 12.1. The van der Waals surface area contributed by atoms with Gasteiger partial charge < -0.3 is 5.32 Å². The van der Waals surface area contributed by atoms with Gasteiger partial charge in [0.1, 0.15) is 7.85 Å². The third-order valence-electron chi connectivity index (χ3n) is 2.73. The van der Waals surface area contributed by atoms with Crippen molar-refractivity contribution in [2.75, 3.05) is 6.54 Å². The maximum Gasteiger partial charge on any atom is 0.215 e. The molecule has 0 heterocycles. The van der Waals surface area contributed by atoms with Crippen LogP contribution < -0.4 is 5.32 Å². The first-order valence-corrected chi connectivity index (χ1v) is 6.05. The molecule has 0 spiro atoms. The van der Waals surface area contributed by atoms with Crippen LogP contribution >= 0.6 is 0 Å². The highest BCUT2D eigenvalue weighted by Gasteiger charge is 2.10. The summed E-state index contributed by atoms with van der Waals surface area (Å²) >= 11 is 0. The summed E-state index contributed by atoms with van der Waals surface area (Å²) in [7, 11) is 1.99. The van der Waals surface area contributed by atoms with Crippen LogP contribution in [0.15, 0.2) is 30.3 Å². The topological polar surface area (TPSA) is 29.1 Å². The molecular weight excluding hydrogens is 197 g/mol. The average molecular weight is 217 g/mol. The smallest absolute Gasteiger partial charge is 0.215 e. The Balaban J connectivity index is 2.23. The Hall–Kier alpha value is -1.25. The van der Waals surface area contributed by atoms with Crippen LogP contribution in [0.1, 0.15) is 25.3 Å². The molecule has 16 heavy (non-hydrogen) atoms. The predicted octanol–water partition coefficient (Wildman–Crippen LogP) is 1.57. The van der Waals surface area contributed by atoms with Gasteiger partial charge in [-0.2, -0.15) is 0 Å². The highest BCUT2D eigenvalue weighted by atomic mass is 16.1. The molecule has 0 saturated carbocycles. The molecule has 0 aliphatic carbocycles. The number of carbonyl (C=O) groups is 1. The molecule has 2 nitrogen and oxygen atoms in total. The van der Waals surface area contributed by atoms with E-state index in [1.807, 2.05) is 26.0 Å². The second kappa shape index (κ2) is 7.10. The molecule has 86 valence electrons. The van der Waals surface area contributed by atoms with Gasteiger partial charge in [0.05, 0.1) is 0 Å². The largest absolute Gasteiger partial charge is 0.356 e. The van der Waals surface area contributed by atoms with Crippen molar-refractivity contribution in [3.63, 3.8) is 0 Å². The van der Waals surface area contributed by atoms with Crippen molar-refractivity contribution in [2.45, 2.75) is 32.0 Å². The zero-order chi connectivity index (χ0) is 11.8. The molecule has 0 radical (unpaired) electrons. The van der Waals surface area contributed by atoms with Crippen LogP contribution in [0.3, 0.4) is 0 Å². The lowest BCUT2D eigenvalue weighted by Gasteiger charge is -2.10. The van der Waals surface area contributed by atoms with Crippen molar-refractivity contribution < 1.29 is 4.79 Å². The van der Waals surface area contributed by atoms with Crippen LogP contribution in [0, 0.1) is 0 Å². The molecule has 1 N–H and O–H groups in total. The third-order valence-corrected chi connectivity index (χ3v) is 2.73. The number of hydrogen-bond donors (Lipinski definition) is 1. The highest BCUT2D eigenvalue weighted by molar-refractivity contribution is 6.23. The summed E-state index contributed by atoms with van der Waals surface area (Å²) in [5.41, 5.74) is 1.27. The van der Waals surface area contributed by atoms with E-state index in [1.165, 1.54) is 5.56 Å². The molecular formula is C13H20BNO. The minimum absolute atomic E-state index is 0.140. The zero-order valence-electron chi connectivity index (χ0n) is 10.2. The standard InChI is InChI=1S/C13H20BNO/c1-2-6-12(14)13(16)15-10-9-11-7-4-3-5-8-11/h3-5,7-8,12H,2,6,9-10,14H2,1H3,(H,15,16)/t12-/m1/s1. The molecule has 1 atom stereocenters. The van der Waals surface area contributed by atoms with E-state index in [-0.39, 0.29) is 11.7 Å². The molecule has 0 aliphatic heterocycles. The fourth-order valence-corrected chi connectivity index (χ4v) is 1.71. The first kappa shape index (κ1) is 12.8. The lowest BCUT2D eigenvalue weighted by molar-refractivity contribution is -0.121. The molecule has 1 amide bonds. The molecule has 0 aliphatic rings. The SMILES string of the molecule is B[C@H](CCC)C(=O)NCCc1ccccc1. The van der Waals surface area contributed by atoms with Gasteiger partial charge in [-0.15, -0.1) is 0 Å².